The fourth-order valence-electron chi connectivity index (χ4n) is 2.27. The lowest BCUT2D eigenvalue weighted by molar-refractivity contribution is -0.120. The van der Waals surface area contributed by atoms with E-state index < -0.39 is 0 Å². The molecule has 0 saturated carbocycles. The largest absolute Gasteiger partial charge is 0.381 e. The Morgan fingerprint density at radius 2 is 1.92 bits per heavy atom. The lowest BCUT2D eigenvalue weighted by atomic mass is 9.72. The molecule has 0 amide bonds. The second-order valence-electron chi connectivity index (χ2n) is 4.75. The van der Waals surface area contributed by atoms with Crippen molar-refractivity contribution in [3.05, 3.63) is 0 Å². The first-order valence-electron chi connectivity index (χ1n) is 5.09. The highest BCUT2D eigenvalue weighted by molar-refractivity contribution is 5.76. The number of carbonyl (C=O) groups is 1. The molecule has 0 spiro atoms. The van der Waals surface area contributed by atoms with Gasteiger partial charge in [-0.2, -0.15) is 0 Å². The number of carbonyl (C=O) groups excluding carboxylic acids is 1. The molecule has 2 heteroatoms. The predicted octanol–water partition coefficient (Wildman–Crippen LogP) is 2.42. The molecule has 1 aliphatic heterocycles. The van der Waals surface area contributed by atoms with Crippen LogP contribution in [0.4, 0.5) is 0 Å². The van der Waals surface area contributed by atoms with Gasteiger partial charge in [0, 0.05) is 19.6 Å². The molecule has 13 heavy (non-hydrogen) atoms. The second-order valence-corrected chi connectivity index (χ2v) is 4.75. The maximum Gasteiger partial charge on any atom is 0.130 e. The number of ether oxygens (including phenoxy) is 1. The van der Waals surface area contributed by atoms with Gasteiger partial charge in [0.05, 0.1) is 0 Å². The van der Waals surface area contributed by atoms with Crippen molar-refractivity contribution in [2.24, 2.45) is 11.3 Å². The van der Waals surface area contributed by atoms with Crippen LogP contribution in [0.1, 0.15) is 40.0 Å². The Labute approximate surface area is 80.7 Å². The Morgan fingerprint density at radius 1 is 1.38 bits per heavy atom. The number of Topliss-reactive ketones (excluding diaryl/α,β-unsaturated/α-hetero) is 1. The number of hydrogen-bond acceptors (Lipinski definition) is 2. The van der Waals surface area contributed by atoms with Gasteiger partial charge in [0.15, 0.2) is 0 Å². The summed E-state index contributed by atoms with van der Waals surface area (Å²) in [5.74, 6) is 0.960. The standard InChI is InChI=1S/C11H20O2/c1-9(12)8-11(2,3)10-4-6-13-7-5-10/h10H,4-8H2,1-3H3. The molecule has 1 aliphatic rings. The van der Waals surface area contributed by atoms with Crippen molar-refractivity contribution in [2.45, 2.75) is 40.0 Å². The minimum Gasteiger partial charge on any atom is -0.381 e. The van der Waals surface area contributed by atoms with Gasteiger partial charge in [-0.1, -0.05) is 13.8 Å². The van der Waals surface area contributed by atoms with Crippen molar-refractivity contribution in [3.8, 4) is 0 Å². The molecule has 0 aromatic heterocycles. The molecule has 0 atom stereocenters. The van der Waals surface area contributed by atoms with Crippen LogP contribution in [0.5, 0.6) is 0 Å². The molecule has 0 radical (unpaired) electrons. The van der Waals surface area contributed by atoms with Crippen molar-refractivity contribution < 1.29 is 9.53 Å². The van der Waals surface area contributed by atoms with Gasteiger partial charge in [-0.25, -0.2) is 0 Å². The Hall–Kier alpha value is -0.370. The first-order chi connectivity index (χ1) is 6.02. The van der Waals surface area contributed by atoms with Crippen LogP contribution in [0.15, 0.2) is 0 Å². The first kappa shape index (κ1) is 10.7. The van der Waals surface area contributed by atoms with Crippen molar-refractivity contribution in [1.29, 1.82) is 0 Å². The molecule has 2 nitrogen and oxygen atoms in total. The van der Waals surface area contributed by atoms with Crippen LogP contribution < -0.4 is 0 Å². The number of rotatable bonds is 3. The molecule has 1 heterocycles. The van der Waals surface area contributed by atoms with E-state index in [0.29, 0.717) is 18.1 Å². The van der Waals surface area contributed by atoms with E-state index in [1.807, 2.05) is 0 Å². The fraction of sp³-hybridized carbons (Fsp3) is 0.909. The zero-order valence-electron chi connectivity index (χ0n) is 8.93. The molecule has 0 N–H and O–H groups in total. The normalized spacial score (nSPS) is 20.2. The Morgan fingerprint density at radius 3 is 2.38 bits per heavy atom. The van der Waals surface area contributed by atoms with Crippen molar-refractivity contribution in [3.63, 3.8) is 0 Å². The van der Waals surface area contributed by atoms with E-state index in [1.165, 1.54) is 0 Å². The van der Waals surface area contributed by atoms with E-state index in [2.05, 4.69) is 13.8 Å². The minimum atomic E-state index is 0.162. The summed E-state index contributed by atoms with van der Waals surface area (Å²) in [7, 11) is 0. The van der Waals surface area contributed by atoms with Gasteiger partial charge < -0.3 is 9.53 Å². The summed E-state index contributed by atoms with van der Waals surface area (Å²) in [6, 6.07) is 0. The van der Waals surface area contributed by atoms with Gasteiger partial charge in [0.25, 0.3) is 0 Å². The summed E-state index contributed by atoms with van der Waals surface area (Å²) >= 11 is 0. The van der Waals surface area contributed by atoms with Crippen LogP contribution in [0.3, 0.4) is 0 Å². The smallest absolute Gasteiger partial charge is 0.130 e. The lowest BCUT2D eigenvalue weighted by Crippen LogP contribution is -2.31. The molecule has 1 saturated heterocycles. The highest BCUT2D eigenvalue weighted by atomic mass is 16.5. The maximum absolute atomic E-state index is 11.1. The molecule has 1 fully saturated rings. The maximum atomic E-state index is 11.1. The average Bonchev–Trinajstić information content (AvgIpc) is 2.04. The topological polar surface area (TPSA) is 26.3 Å². The third kappa shape index (κ3) is 3.11. The van der Waals surface area contributed by atoms with Gasteiger partial charge in [-0.15, -0.1) is 0 Å². The van der Waals surface area contributed by atoms with Crippen LogP contribution in [0.2, 0.25) is 0 Å². The van der Waals surface area contributed by atoms with E-state index in [4.69, 9.17) is 4.74 Å². The van der Waals surface area contributed by atoms with E-state index >= 15 is 0 Å². The van der Waals surface area contributed by atoms with E-state index in [9.17, 15) is 4.79 Å². The lowest BCUT2D eigenvalue weighted by Gasteiger charge is -2.36. The molecule has 1 rings (SSSR count). The van der Waals surface area contributed by atoms with Gasteiger partial charge in [-0.3, -0.25) is 0 Å². The van der Waals surface area contributed by atoms with Crippen LogP contribution >= 0.6 is 0 Å². The second kappa shape index (κ2) is 4.23. The zero-order chi connectivity index (χ0) is 9.90. The van der Waals surface area contributed by atoms with Gasteiger partial charge in [0.1, 0.15) is 5.78 Å². The van der Waals surface area contributed by atoms with Gasteiger partial charge in [-0.05, 0) is 31.1 Å². The summed E-state index contributed by atoms with van der Waals surface area (Å²) in [6.07, 6.45) is 2.93. The Bertz CT molecular complexity index is 179. The molecule has 76 valence electrons. The summed E-state index contributed by atoms with van der Waals surface area (Å²) < 4.78 is 5.31. The van der Waals surface area contributed by atoms with Crippen molar-refractivity contribution in [2.75, 3.05) is 13.2 Å². The third-order valence-corrected chi connectivity index (χ3v) is 3.03. The van der Waals surface area contributed by atoms with Crippen molar-refractivity contribution >= 4 is 5.78 Å². The molecule has 0 aromatic rings. The Kier molecular flexibility index (Phi) is 3.48. The van der Waals surface area contributed by atoms with Crippen LogP contribution in [-0.4, -0.2) is 19.0 Å². The van der Waals surface area contributed by atoms with E-state index in [-0.39, 0.29) is 5.41 Å². The molecule has 0 unspecified atom stereocenters. The molecule has 0 aromatic carbocycles. The first-order valence-corrected chi connectivity index (χ1v) is 5.09. The molecule has 0 aliphatic carbocycles. The summed E-state index contributed by atoms with van der Waals surface area (Å²) in [4.78, 5) is 11.1. The third-order valence-electron chi connectivity index (χ3n) is 3.03. The van der Waals surface area contributed by atoms with Gasteiger partial charge >= 0.3 is 0 Å². The van der Waals surface area contributed by atoms with Crippen LogP contribution in [-0.2, 0) is 9.53 Å². The fourth-order valence-corrected chi connectivity index (χ4v) is 2.27. The predicted molar refractivity (Wildman–Crippen MR) is 52.6 cm³/mol. The quantitative estimate of drug-likeness (QED) is 0.673. The van der Waals surface area contributed by atoms with Gasteiger partial charge in [0.2, 0.25) is 0 Å². The summed E-state index contributed by atoms with van der Waals surface area (Å²) in [5.41, 5.74) is 0.162. The van der Waals surface area contributed by atoms with Crippen LogP contribution in [0.25, 0.3) is 0 Å². The number of hydrogen-bond donors (Lipinski definition) is 0. The Balaban J connectivity index is 2.50. The summed E-state index contributed by atoms with van der Waals surface area (Å²) in [6.45, 7) is 7.81. The molecule has 0 bridgehead atoms. The highest BCUT2D eigenvalue weighted by Gasteiger charge is 2.31. The van der Waals surface area contributed by atoms with Crippen molar-refractivity contribution in [1.82, 2.24) is 0 Å². The minimum absolute atomic E-state index is 0.162. The summed E-state index contributed by atoms with van der Waals surface area (Å²) in [5, 5.41) is 0. The molecular weight excluding hydrogens is 164 g/mol. The van der Waals surface area contributed by atoms with E-state index in [0.717, 1.165) is 26.1 Å². The highest BCUT2D eigenvalue weighted by Crippen LogP contribution is 2.37. The zero-order valence-corrected chi connectivity index (χ0v) is 8.93. The number of ketones is 1. The monoisotopic (exact) mass is 184 g/mol. The van der Waals surface area contributed by atoms with Crippen LogP contribution in [0, 0.1) is 11.3 Å². The SMILES string of the molecule is CC(=O)CC(C)(C)C1CCOCC1. The molecular formula is C11H20O2. The average molecular weight is 184 g/mol. The van der Waals surface area contributed by atoms with E-state index in [1.54, 1.807) is 6.92 Å².